The van der Waals surface area contributed by atoms with Gasteiger partial charge in [-0.15, -0.1) is 0 Å². The first-order valence-electron chi connectivity index (χ1n) is 5.50. The van der Waals surface area contributed by atoms with E-state index in [1.165, 1.54) is 24.4 Å². The van der Waals surface area contributed by atoms with E-state index >= 15 is 0 Å². The molecular formula is C13H10N2O5. The van der Waals surface area contributed by atoms with Crippen molar-refractivity contribution in [2.75, 3.05) is 5.32 Å². The number of aromatic carboxylic acids is 1. The molecule has 1 heterocycles. The molecule has 0 fully saturated rings. The van der Waals surface area contributed by atoms with Crippen LogP contribution in [0.1, 0.15) is 20.7 Å². The van der Waals surface area contributed by atoms with Crippen LogP contribution in [-0.2, 0) is 0 Å². The second-order valence-corrected chi connectivity index (χ2v) is 3.86. The number of pyridine rings is 1. The highest BCUT2D eigenvalue weighted by Gasteiger charge is 2.17. The van der Waals surface area contributed by atoms with Gasteiger partial charge in [0, 0.05) is 6.20 Å². The molecule has 0 bridgehead atoms. The number of hydrogen-bond donors (Lipinski definition) is 4. The van der Waals surface area contributed by atoms with Crippen LogP contribution in [-0.4, -0.2) is 32.2 Å². The Morgan fingerprint density at radius 1 is 1.10 bits per heavy atom. The van der Waals surface area contributed by atoms with Crippen LogP contribution in [0.5, 0.6) is 11.5 Å². The summed E-state index contributed by atoms with van der Waals surface area (Å²) in [5.74, 6) is -2.71. The quantitative estimate of drug-likeness (QED) is 0.629. The number of carbonyl (C=O) groups is 2. The Hall–Kier alpha value is -3.09. The highest BCUT2D eigenvalue weighted by molar-refractivity contribution is 6.08. The van der Waals surface area contributed by atoms with Gasteiger partial charge < -0.3 is 20.6 Å². The SMILES string of the molecule is O=C(Nc1ncccc1C(=O)O)c1cc(O)ccc1O. The molecule has 7 nitrogen and oxygen atoms in total. The highest BCUT2D eigenvalue weighted by atomic mass is 16.4. The average Bonchev–Trinajstić information content (AvgIpc) is 2.41. The van der Waals surface area contributed by atoms with Crippen molar-refractivity contribution in [3.8, 4) is 11.5 Å². The van der Waals surface area contributed by atoms with Crippen molar-refractivity contribution in [2.24, 2.45) is 0 Å². The number of benzene rings is 1. The maximum atomic E-state index is 11.9. The van der Waals surface area contributed by atoms with Crippen LogP contribution in [0.3, 0.4) is 0 Å². The third-order valence-electron chi connectivity index (χ3n) is 2.49. The van der Waals surface area contributed by atoms with Crippen molar-refractivity contribution in [2.45, 2.75) is 0 Å². The topological polar surface area (TPSA) is 120 Å². The Kier molecular flexibility index (Phi) is 3.52. The molecule has 0 unspecified atom stereocenters. The first kappa shape index (κ1) is 13.3. The summed E-state index contributed by atoms with van der Waals surface area (Å²) in [6, 6.07) is 6.14. The second kappa shape index (κ2) is 5.27. The van der Waals surface area contributed by atoms with Crippen molar-refractivity contribution in [1.82, 2.24) is 4.98 Å². The Labute approximate surface area is 113 Å². The molecule has 2 aromatic rings. The molecule has 1 amide bonds. The van der Waals surface area contributed by atoms with Gasteiger partial charge in [-0.25, -0.2) is 9.78 Å². The lowest BCUT2D eigenvalue weighted by Crippen LogP contribution is -2.16. The van der Waals surface area contributed by atoms with Crippen LogP contribution in [0.15, 0.2) is 36.5 Å². The summed E-state index contributed by atoms with van der Waals surface area (Å²) in [7, 11) is 0. The largest absolute Gasteiger partial charge is 0.508 e. The van der Waals surface area contributed by atoms with Gasteiger partial charge in [0.2, 0.25) is 0 Å². The van der Waals surface area contributed by atoms with E-state index in [0.29, 0.717) is 0 Å². The number of carboxylic acid groups (broad SMARTS) is 1. The van der Waals surface area contributed by atoms with E-state index in [4.69, 9.17) is 5.11 Å². The number of carbonyl (C=O) groups excluding carboxylic acids is 1. The minimum absolute atomic E-state index is 0.146. The van der Waals surface area contributed by atoms with Gasteiger partial charge in [-0.3, -0.25) is 4.79 Å². The maximum absolute atomic E-state index is 11.9. The van der Waals surface area contributed by atoms with Crippen LogP contribution in [0.2, 0.25) is 0 Å². The molecule has 0 saturated heterocycles. The van der Waals surface area contributed by atoms with Crippen LogP contribution < -0.4 is 5.32 Å². The fourth-order valence-corrected chi connectivity index (χ4v) is 1.56. The smallest absolute Gasteiger partial charge is 0.339 e. The molecule has 20 heavy (non-hydrogen) atoms. The minimum Gasteiger partial charge on any atom is -0.508 e. The minimum atomic E-state index is -1.24. The van der Waals surface area contributed by atoms with Crippen molar-refractivity contribution in [3.05, 3.63) is 47.7 Å². The molecule has 7 heteroatoms. The number of amides is 1. The van der Waals surface area contributed by atoms with E-state index in [2.05, 4.69) is 10.3 Å². The summed E-state index contributed by atoms with van der Waals surface area (Å²) < 4.78 is 0. The first-order chi connectivity index (χ1) is 9.49. The predicted molar refractivity (Wildman–Crippen MR) is 68.9 cm³/mol. The zero-order valence-corrected chi connectivity index (χ0v) is 10.1. The molecule has 0 aliphatic heterocycles. The fourth-order valence-electron chi connectivity index (χ4n) is 1.56. The summed E-state index contributed by atoms with van der Waals surface area (Å²) in [5, 5.41) is 30.1. The van der Waals surface area contributed by atoms with E-state index < -0.39 is 11.9 Å². The second-order valence-electron chi connectivity index (χ2n) is 3.86. The van der Waals surface area contributed by atoms with Crippen LogP contribution in [0.25, 0.3) is 0 Å². The van der Waals surface area contributed by atoms with Crippen LogP contribution >= 0.6 is 0 Å². The number of phenolic OH excluding ortho intramolecular Hbond substituents is 2. The molecule has 0 saturated carbocycles. The number of anilines is 1. The molecule has 4 N–H and O–H groups in total. The summed E-state index contributed by atoms with van der Waals surface area (Å²) in [6.45, 7) is 0. The molecule has 0 aliphatic carbocycles. The third-order valence-corrected chi connectivity index (χ3v) is 2.49. The Morgan fingerprint density at radius 3 is 2.55 bits per heavy atom. The summed E-state index contributed by atoms with van der Waals surface area (Å²) in [5.41, 5.74) is -0.368. The van der Waals surface area contributed by atoms with Gasteiger partial charge in [0.1, 0.15) is 22.9 Å². The van der Waals surface area contributed by atoms with Gasteiger partial charge in [0.05, 0.1) is 5.56 Å². The molecule has 102 valence electrons. The molecule has 0 spiro atoms. The molecule has 0 aliphatic rings. The Bertz CT molecular complexity index is 684. The number of aromatic hydroxyl groups is 2. The van der Waals surface area contributed by atoms with Gasteiger partial charge >= 0.3 is 5.97 Å². The molecule has 1 aromatic carbocycles. The van der Waals surface area contributed by atoms with Gasteiger partial charge in [-0.2, -0.15) is 0 Å². The number of rotatable bonds is 3. The van der Waals surface area contributed by atoms with Crippen LogP contribution in [0, 0.1) is 0 Å². The normalized spacial score (nSPS) is 10.0. The lowest BCUT2D eigenvalue weighted by atomic mass is 10.1. The van der Waals surface area contributed by atoms with Gasteiger partial charge in [0.15, 0.2) is 0 Å². The fraction of sp³-hybridized carbons (Fsp3) is 0. The van der Waals surface area contributed by atoms with Crippen LogP contribution in [0.4, 0.5) is 5.82 Å². The lowest BCUT2D eigenvalue weighted by Gasteiger charge is -2.08. The van der Waals surface area contributed by atoms with Gasteiger partial charge in [-0.05, 0) is 30.3 Å². The number of hydrogen-bond acceptors (Lipinski definition) is 5. The summed E-state index contributed by atoms with van der Waals surface area (Å²) in [4.78, 5) is 26.7. The average molecular weight is 274 g/mol. The predicted octanol–water partition coefficient (Wildman–Crippen LogP) is 1.44. The number of phenols is 2. The van der Waals surface area contributed by atoms with E-state index in [1.807, 2.05) is 0 Å². The Balaban J connectivity index is 2.33. The van der Waals surface area contributed by atoms with E-state index in [-0.39, 0.29) is 28.4 Å². The maximum Gasteiger partial charge on any atom is 0.339 e. The summed E-state index contributed by atoms with van der Waals surface area (Å²) >= 11 is 0. The number of aromatic nitrogens is 1. The van der Waals surface area contributed by atoms with Crippen molar-refractivity contribution in [3.63, 3.8) is 0 Å². The Morgan fingerprint density at radius 2 is 1.85 bits per heavy atom. The van der Waals surface area contributed by atoms with E-state index in [0.717, 1.165) is 12.1 Å². The molecule has 2 rings (SSSR count). The monoisotopic (exact) mass is 274 g/mol. The molecular weight excluding hydrogens is 264 g/mol. The molecule has 0 radical (unpaired) electrons. The zero-order valence-electron chi connectivity index (χ0n) is 10.1. The molecule has 1 aromatic heterocycles. The zero-order chi connectivity index (χ0) is 14.7. The van der Waals surface area contributed by atoms with Crippen molar-refractivity contribution in [1.29, 1.82) is 0 Å². The number of nitrogens with zero attached hydrogens (tertiary/aromatic N) is 1. The standard InChI is InChI=1S/C13H10N2O5/c16-7-3-4-10(17)9(6-7)12(18)15-11-8(13(19)20)2-1-5-14-11/h1-6,16-17H,(H,19,20)(H,14,15,18). The first-order valence-corrected chi connectivity index (χ1v) is 5.50. The van der Waals surface area contributed by atoms with E-state index in [9.17, 15) is 19.8 Å². The number of nitrogens with one attached hydrogen (secondary N) is 1. The summed E-state index contributed by atoms with van der Waals surface area (Å²) in [6.07, 6.45) is 1.32. The lowest BCUT2D eigenvalue weighted by molar-refractivity contribution is 0.0697. The van der Waals surface area contributed by atoms with Gasteiger partial charge in [-0.1, -0.05) is 0 Å². The highest BCUT2D eigenvalue weighted by Crippen LogP contribution is 2.23. The third kappa shape index (κ3) is 2.66. The van der Waals surface area contributed by atoms with Gasteiger partial charge in [0.25, 0.3) is 5.91 Å². The van der Waals surface area contributed by atoms with E-state index in [1.54, 1.807) is 0 Å². The van der Waals surface area contributed by atoms with Crippen molar-refractivity contribution < 1.29 is 24.9 Å². The van der Waals surface area contributed by atoms with Crippen molar-refractivity contribution >= 4 is 17.7 Å². The molecule has 0 atom stereocenters. The number of carboxylic acids is 1.